The Hall–Kier alpha value is -0.680. The largest absolute Gasteiger partial charge is 0.367 e. The molecule has 2 atom stereocenters. The summed E-state index contributed by atoms with van der Waals surface area (Å²) in [7, 11) is 0. The number of pyridine rings is 1. The Bertz CT molecular complexity index is 440. The fraction of sp³-hybridized carbons (Fsp3) is 0.583. The zero-order valence-corrected chi connectivity index (χ0v) is 10.1. The van der Waals surface area contributed by atoms with Crippen molar-refractivity contribution in [2.45, 2.75) is 31.0 Å². The van der Waals surface area contributed by atoms with Crippen LogP contribution in [0.15, 0.2) is 12.1 Å². The first-order chi connectivity index (χ1) is 8.22. The number of halogens is 1. The van der Waals surface area contributed by atoms with Crippen LogP contribution < -0.4 is 0 Å². The van der Waals surface area contributed by atoms with E-state index in [0.29, 0.717) is 11.8 Å². The van der Waals surface area contributed by atoms with Crippen LogP contribution in [-0.2, 0) is 21.3 Å². The summed E-state index contributed by atoms with van der Waals surface area (Å²) in [6.45, 7) is 0.629. The highest BCUT2D eigenvalue weighted by Gasteiger charge is 2.46. The maximum Gasteiger partial charge on any atom is 0.169 e. The van der Waals surface area contributed by atoms with Crippen molar-refractivity contribution in [1.29, 1.82) is 0 Å². The highest BCUT2D eigenvalue weighted by molar-refractivity contribution is 6.29. The van der Waals surface area contributed by atoms with Crippen LogP contribution in [0.5, 0.6) is 0 Å². The average molecular weight is 256 g/mol. The Morgan fingerprint density at radius 1 is 1.47 bits per heavy atom. The third-order valence-corrected chi connectivity index (χ3v) is 3.87. The first kappa shape index (κ1) is 11.4. The first-order valence-electron chi connectivity index (χ1n) is 5.76. The Kier molecular flexibility index (Phi) is 2.83. The highest BCUT2D eigenvalue weighted by atomic mass is 35.5. The summed E-state index contributed by atoms with van der Waals surface area (Å²) in [5.74, 6) is 0. The number of fused-ring (bicyclic) bond motifs is 2. The fourth-order valence-corrected chi connectivity index (χ4v) is 2.96. The Balaban J connectivity index is 2.09. The predicted molar refractivity (Wildman–Crippen MR) is 61.8 cm³/mol. The van der Waals surface area contributed by atoms with Crippen LogP contribution in [0.2, 0.25) is 5.15 Å². The first-order valence-corrected chi connectivity index (χ1v) is 6.13. The molecule has 1 aliphatic heterocycles. The summed E-state index contributed by atoms with van der Waals surface area (Å²) >= 11 is 5.90. The van der Waals surface area contributed by atoms with Crippen molar-refractivity contribution in [2.75, 3.05) is 13.4 Å². The molecule has 5 heteroatoms. The Morgan fingerprint density at radius 2 is 2.35 bits per heavy atom. The monoisotopic (exact) mass is 255 g/mol. The summed E-state index contributed by atoms with van der Waals surface area (Å²) in [5, 5.41) is 10.6. The van der Waals surface area contributed by atoms with Gasteiger partial charge >= 0.3 is 0 Å². The summed E-state index contributed by atoms with van der Waals surface area (Å²) in [6.07, 6.45) is 1.89. The summed E-state index contributed by atoms with van der Waals surface area (Å²) in [5.41, 5.74) is 1.50. The molecule has 1 aromatic heterocycles. The van der Waals surface area contributed by atoms with Gasteiger partial charge in [-0.3, -0.25) is 0 Å². The zero-order chi connectivity index (χ0) is 11.9. The number of hydrogen-bond donors (Lipinski definition) is 1. The molecule has 0 amide bonds. The normalized spacial score (nSPS) is 32.5. The molecule has 92 valence electrons. The third kappa shape index (κ3) is 1.76. The van der Waals surface area contributed by atoms with Gasteiger partial charge in [0.1, 0.15) is 11.9 Å². The molecule has 1 saturated heterocycles. The van der Waals surface area contributed by atoms with E-state index >= 15 is 0 Å². The lowest BCUT2D eigenvalue weighted by molar-refractivity contribution is -0.260. The lowest BCUT2D eigenvalue weighted by Gasteiger charge is -2.44. The number of ether oxygens (including phenoxy) is 2. The standard InChI is InChI=1S/C12H14ClNO3/c13-10-4-3-8-9(14-10)2-1-5-12(8)6-16-7-17-11(12)15/h3-4,11,15H,1-2,5-7H2. The number of aliphatic hydroxyl groups is 1. The van der Waals surface area contributed by atoms with Crippen molar-refractivity contribution in [3.63, 3.8) is 0 Å². The van der Waals surface area contributed by atoms with Gasteiger partial charge in [-0.1, -0.05) is 17.7 Å². The Morgan fingerprint density at radius 3 is 3.18 bits per heavy atom. The quantitative estimate of drug-likeness (QED) is 0.716. The van der Waals surface area contributed by atoms with Crippen LogP contribution in [-0.4, -0.2) is 29.8 Å². The summed E-state index contributed by atoms with van der Waals surface area (Å²) in [6, 6.07) is 3.69. The van der Waals surface area contributed by atoms with E-state index < -0.39 is 11.7 Å². The molecule has 3 rings (SSSR count). The molecule has 2 heterocycles. The molecular weight excluding hydrogens is 242 g/mol. The van der Waals surface area contributed by atoms with Crippen molar-refractivity contribution in [2.24, 2.45) is 0 Å². The summed E-state index contributed by atoms with van der Waals surface area (Å²) in [4.78, 5) is 4.34. The van der Waals surface area contributed by atoms with Crippen LogP contribution >= 0.6 is 11.6 Å². The average Bonchev–Trinajstić information content (AvgIpc) is 2.33. The van der Waals surface area contributed by atoms with Crippen molar-refractivity contribution in [3.05, 3.63) is 28.5 Å². The van der Waals surface area contributed by atoms with E-state index in [1.807, 2.05) is 6.07 Å². The van der Waals surface area contributed by atoms with E-state index in [0.717, 1.165) is 30.5 Å². The van der Waals surface area contributed by atoms with Gasteiger partial charge in [0.15, 0.2) is 6.29 Å². The topological polar surface area (TPSA) is 51.6 Å². The molecule has 17 heavy (non-hydrogen) atoms. The van der Waals surface area contributed by atoms with Gasteiger partial charge in [-0.25, -0.2) is 4.98 Å². The lowest BCUT2D eigenvalue weighted by Crippen LogP contribution is -2.51. The minimum absolute atomic E-state index is 0.152. The molecule has 0 radical (unpaired) electrons. The summed E-state index contributed by atoms with van der Waals surface area (Å²) < 4.78 is 10.6. The minimum atomic E-state index is -0.821. The van der Waals surface area contributed by atoms with E-state index in [1.165, 1.54) is 0 Å². The van der Waals surface area contributed by atoms with Crippen molar-refractivity contribution in [3.8, 4) is 0 Å². The zero-order valence-electron chi connectivity index (χ0n) is 9.36. The van der Waals surface area contributed by atoms with Crippen LogP contribution in [0.4, 0.5) is 0 Å². The highest BCUT2D eigenvalue weighted by Crippen LogP contribution is 2.42. The molecule has 0 bridgehead atoms. The smallest absolute Gasteiger partial charge is 0.169 e. The molecule has 4 nitrogen and oxygen atoms in total. The van der Waals surface area contributed by atoms with Gasteiger partial charge in [-0.2, -0.15) is 0 Å². The molecule has 1 aromatic rings. The van der Waals surface area contributed by atoms with E-state index in [1.54, 1.807) is 6.07 Å². The van der Waals surface area contributed by atoms with Crippen molar-refractivity contribution in [1.82, 2.24) is 4.98 Å². The van der Waals surface area contributed by atoms with Gasteiger partial charge in [0.25, 0.3) is 0 Å². The van der Waals surface area contributed by atoms with Gasteiger partial charge in [0.2, 0.25) is 0 Å². The molecule has 1 N–H and O–H groups in total. The van der Waals surface area contributed by atoms with Crippen LogP contribution in [0, 0.1) is 0 Å². The van der Waals surface area contributed by atoms with E-state index in [9.17, 15) is 5.11 Å². The second kappa shape index (κ2) is 4.21. The number of nitrogens with zero attached hydrogens (tertiary/aromatic N) is 1. The van der Waals surface area contributed by atoms with E-state index in [-0.39, 0.29) is 6.79 Å². The fourth-order valence-electron chi connectivity index (χ4n) is 2.80. The minimum Gasteiger partial charge on any atom is -0.367 e. The number of hydrogen-bond acceptors (Lipinski definition) is 4. The molecule has 1 spiro atoms. The van der Waals surface area contributed by atoms with Crippen molar-refractivity contribution >= 4 is 11.6 Å². The molecule has 1 aliphatic carbocycles. The van der Waals surface area contributed by atoms with E-state index in [4.69, 9.17) is 21.1 Å². The number of aliphatic hydroxyl groups excluding tert-OH is 1. The SMILES string of the molecule is OC1OCOCC12CCCc1nc(Cl)ccc12. The number of aryl methyl sites for hydroxylation is 1. The lowest BCUT2D eigenvalue weighted by atomic mass is 9.71. The van der Waals surface area contributed by atoms with Gasteiger partial charge in [-0.05, 0) is 30.9 Å². The second-order valence-electron chi connectivity index (χ2n) is 4.62. The molecule has 0 aromatic carbocycles. The van der Waals surface area contributed by atoms with Crippen LogP contribution in [0.25, 0.3) is 0 Å². The Labute approximate surface area is 105 Å². The van der Waals surface area contributed by atoms with Crippen LogP contribution in [0.1, 0.15) is 24.1 Å². The van der Waals surface area contributed by atoms with E-state index in [2.05, 4.69) is 4.98 Å². The number of rotatable bonds is 0. The van der Waals surface area contributed by atoms with Crippen molar-refractivity contribution < 1.29 is 14.6 Å². The van der Waals surface area contributed by atoms with Crippen LogP contribution in [0.3, 0.4) is 0 Å². The van der Waals surface area contributed by atoms with Gasteiger partial charge in [0, 0.05) is 5.69 Å². The van der Waals surface area contributed by atoms with Gasteiger partial charge in [0.05, 0.1) is 12.0 Å². The second-order valence-corrected chi connectivity index (χ2v) is 5.01. The molecular formula is C12H14ClNO3. The molecule has 0 saturated carbocycles. The molecule has 2 aliphatic rings. The molecule has 2 unspecified atom stereocenters. The van der Waals surface area contributed by atoms with Gasteiger partial charge in [-0.15, -0.1) is 0 Å². The molecule has 1 fully saturated rings. The van der Waals surface area contributed by atoms with Gasteiger partial charge < -0.3 is 14.6 Å². The maximum atomic E-state index is 10.1. The number of aromatic nitrogens is 1. The predicted octanol–water partition coefficient (Wildman–Crippen LogP) is 1.63. The third-order valence-electron chi connectivity index (χ3n) is 3.65. The maximum absolute atomic E-state index is 10.1.